The van der Waals surface area contributed by atoms with Crippen molar-refractivity contribution in [3.05, 3.63) is 0 Å². The van der Waals surface area contributed by atoms with E-state index in [1.807, 2.05) is 11.9 Å². The fraction of sp³-hybridized carbons (Fsp3) is 0.895. The standard InChI is InChI=1S/C19H32ClN3O2/c1-22-13-17(5-6-18(22)24)21-19(25)23-9-7-14(8-10-23)11-15-3-2-4-16(20)12-15/h14-17H,2-13H2,1H3,(H,21,25). The number of hydrogen-bond acceptors (Lipinski definition) is 2. The Bertz CT molecular complexity index is 479. The molecule has 6 heteroatoms. The summed E-state index contributed by atoms with van der Waals surface area (Å²) >= 11 is 6.32. The quantitative estimate of drug-likeness (QED) is 0.776. The van der Waals surface area contributed by atoms with Crippen LogP contribution in [0.3, 0.4) is 0 Å². The van der Waals surface area contributed by atoms with E-state index < -0.39 is 0 Å². The number of nitrogens with one attached hydrogen (secondary N) is 1. The topological polar surface area (TPSA) is 52.7 Å². The fourth-order valence-corrected chi connectivity index (χ4v) is 5.08. The van der Waals surface area contributed by atoms with Gasteiger partial charge in [0.25, 0.3) is 0 Å². The molecule has 3 amide bonds. The van der Waals surface area contributed by atoms with E-state index in [1.165, 1.54) is 32.1 Å². The lowest BCUT2D eigenvalue weighted by Crippen LogP contribution is -2.53. The lowest BCUT2D eigenvalue weighted by molar-refractivity contribution is -0.132. The molecule has 0 bridgehead atoms. The molecule has 2 saturated heterocycles. The summed E-state index contributed by atoms with van der Waals surface area (Å²) in [6.07, 6.45) is 9.76. The first-order chi connectivity index (χ1) is 12.0. The van der Waals surface area contributed by atoms with E-state index in [1.54, 1.807) is 4.90 Å². The third-order valence-electron chi connectivity index (χ3n) is 6.24. The Hall–Kier alpha value is -0.970. The van der Waals surface area contributed by atoms with Crippen LogP contribution in [0.15, 0.2) is 0 Å². The molecule has 3 fully saturated rings. The minimum Gasteiger partial charge on any atom is -0.344 e. The largest absolute Gasteiger partial charge is 0.344 e. The van der Waals surface area contributed by atoms with Crippen LogP contribution >= 0.6 is 11.6 Å². The molecular formula is C19H32ClN3O2. The lowest BCUT2D eigenvalue weighted by atomic mass is 9.79. The van der Waals surface area contributed by atoms with Crippen molar-refractivity contribution in [1.29, 1.82) is 0 Å². The van der Waals surface area contributed by atoms with Crippen molar-refractivity contribution < 1.29 is 9.59 Å². The summed E-state index contributed by atoms with van der Waals surface area (Å²) in [5, 5.41) is 3.50. The highest BCUT2D eigenvalue weighted by atomic mass is 35.5. The average molecular weight is 370 g/mol. The fourth-order valence-electron chi connectivity index (χ4n) is 4.68. The number of piperidine rings is 2. The maximum absolute atomic E-state index is 12.5. The molecule has 1 N–H and O–H groups in total. The molecule has 5 nitrogen and oxygen atoms in total. The number of carbonyl (C=O) groups excluding carboxylic acids is 2. The van der Waals surface area contributed by atoms with Crippen LogP contribution in [0.1, 0.15) is 57.8 Å². The molecule has 3 unspecified atom stereocenters. The van der Waals surface area contributed by atoms with Crippen LogP contribution in [-0.4, -0.2) is 59.8 Å². The predicted octanol–water partition coefficient (Wildman–Crippen LogP) is 3.22. The van der Waals surface area contributed by atoms with Gasteiger partial charge in [-0.3, -0.25) is 4.79 Å². The Morgan fingerprint density at radius 1 is 1.16 bits per heavy atom. The summed E-state index contributed by atoms with van der Waals surface area (Å²) in [6, 6.07) is 0.139. The van der Waals surface area contributed by atoms with Gasteiger partial charge in [-0.1, -0.05) is 12.8 Å². The second kappa shape index (κ2) is 8.61. The van der Waals surface area contributed by atoms with Crippen LogP contribution in [0.4, 0.5) is 4.79 Å². The minimum atomic E-state index is 0.0460. The van der Waals surface area contributed by atoms with Gasteiger partial charge < -0.3 is 15.1 Å². The molecule has 0 aromatic rings. The number of likely N-dealkylation sites (N-methyl/N-ethyl adjacent to an activating group) is 1. The summed E-state index contributed by atoms with van der Waals surface area (Å²) in [6.45, 7) is 2.34. The predicted molar refractivity (Wildman–Crippen MR) is 99.7 cm³/mol. The van der Waals surface area contributed by atoms with E-state index in [4.69, 9.17) is 11.6 Å². The van der Waals surface area contributed by atoms with E-state index in [0.717, 1.165) is 44.2 Å². The first-order valence-electron chi connectivity index (χ1n) is 9.94. The Labute approximate surface area is 156 Å². The molecule has 3 rings (SSSR count). The monoisotopic (exact) mass is 369 g/mol. The van der Waals surface area contributed by atoms with Gasteiger partial charge in [-0.15, -0.1) is 11.6 Å². The maximum atomic E-state index is 12.5. The van der Waals surface area contributed by atoms with Gasteiger partial charge in [-0.2, -0.15) is 0 Å². The zero-order valence-corrected chi connectivity index (χ0v) is 16.1. The summed E-state index contributed by atoms with van der Waals surface area (Å²) in [7, 11) is 1.81. The van der Waals surface area contributed by atoms with Crippen molar-refractivity contribution in [2.75, 3.05) is 26.7 Å². The van der Waals surface area contributed by atoms with Gasteiger partial charge in [-0.05, 0) is 50.4 Å². The molecule has 142 valence electrons. The molecule has 0 aromatic carbocycles. The highest BCUT2D eigenvalue weighted by Gasteiger charge is 2.29. The van der Waals surface area contributed by atoms with Crippen LogP contribution in [0.2, 0.25) is 0 Å². The molecule has 3 aliphatic rings. The first-order valence-corrected chi connectivity index (χ1v) is 10.4. The van der Waals surface area contributed by atoms with Crippen molar-refractivity contribution in [1.82, 2.24) is 15.1 Å². The molecule has 25 heavy (non-hydrogen) atoms. The van der Waals surface area contributed by atoms with Gasteiger partial charge in [0.2, 0.25) is 5.91 Å². The van der Waals surface area contributed by atoms with Gasteiger partial charge in [0.1, 0.15) is 0 Å². The van der Waals surface area contributed by atoms with E-state index >= 15 is 0 Å². The summed E-state index contributed by atoms with van der Waals surface area (Å²) in [5.74, 6) is 1.71. The number of amides is 3. The van der Waals surface area contributed by atoms with Gasteiger partial charge in [0.05, 0.1) is 0 Å². The third-order valence-corrected chi connectivity index (χ3v) is 6.64. The van der Waals surface area contributed by atoms with Crippen LogP contribution in [0.25, 0.3) is 0 Å². The van der Waals surface area contributed by atoms with Gasteiger partial charge in [0.15, 0.2) is 0 Å². The smallest absolute Gasteiger partial charge is 0.317 e. The Morgan fingerprint density at radius 2 is 1.92 bits per heavy atom. The van der Waals surface area contributed by atoms with E-state index in [2.05, 4.69) is 5.32 Å². The summed E-state index contributed by atoms with van der Waals surface area (Å²) < 4.78 is 0. The van der Waals surface area contributed by atoms with E-state index in [0.29, 0.717) is 18.3 Å². The molecule has 2 aliphatic heterocycles. The molecule has 1 saturated carbocycles. The molecule has 2 heterocycles. The molecular weight excluding hydrogens is 338 g/mol. The molecule has 1 aliphatic carbocycles. The molecule has 3 atom stereocenters. The van der Waals surface area contributed by atoms with Gasteiger partial charge >= 0.3 is 6.03 Å². The lowest BCUT2D eigenvalue weighted by Gasteiger charge is -2.37. The Balaban J connectivity index is 1.38. The van der Waals surface area contributed by atoms with Crippen LogP contribution in [-0.2, 0) is 4.79 Å². The number of hydrogen-bond donors (Lipinski definition) is 1. The zero-order valence-electron chi connectivity index (χ0n) is 15.4. The number of urea groups is 1. The van der Waals surface area contributed by atoms with Crippen LogP contribution in [0.5, 0.6) is 0 Å². The van der Waals surface area contributed by atoms with Crippen molar-refractivity contribution in [3.63, 3.8) is 0 Å². The number of rotatable bonds is 3. The van der Waals surface area contributed by atoms with Crippen LogP contribution in [0, 0.1) is 11.8 Å². The van der Waals surface area contributed by atoms with Crippen molar-refractivity contribution in [2.45, 2.75) is 69.2 Å². The van der Waals surface area contributed by atoms with Crippen LogP contribution < -0.4 is 5.32 Å². The number of carbonyl (C=O) groups is 2. The van der Waals surface area contributed by atoms with Crippen molar-refractivity contribution in [2.24, 2.45) is 11.8 Å². The normalized spacial score (nSPS) is 31.9. The number of halogens is 1. The van der Waals surface area contributed by atoms with Gasteiger partial charge in [0, 0.05) is 44.5 Å². The molecule has 0 spiro atoms. The zero-order chi connectivity index (χ0) is 17.8. The maximum Gasteiger partial charge on any atom is 0.317 e. The average Bonchev–Trinajstić information content (AvgIpc) is 2.59. The first kappa shape index (κ1) is 18.8. The second-order valence-electron chi connectivity index (χ2n) is 8.26. The molecule has 0 radical (unpaired) electrons. The van der Waals surface area contributed by atoms with Crippen molar-refractivity contribution >= 4 is 23.5 Å². The summed E-state index contributed by atoms with van der Waals surface area (Å²) in [4.78, 5) is 27.7. The highest BCUT2D eigenvalue weighted by Crippen LogP contribution is 2.34. The SMILES string of the molecule is CN1CC(NC(=O)N2CCC(CC3CCCC(Cl)C3)CC2)CCC1=O. The number of alkyl halides is 1. The minimum absolute atomic E-state index is 0.0460. The van der Waals surface area contributed by atoms with E-state index in [9.17, 15) is 9.59 Å². The highest BCUT2D eigenvalue weighted by molar-refractivity contribution is 6.20. The summed E-state index contributed by atoms with van der Waals surface area (Å²) in [5.41, 5.74) is 0. The second-order valence-corrected chi connectivity index (χ2v) is 8.87. The number of nitrogens with zero attached hydrogens (tertiary/aromatic N) is 2. The van der Waals surface area contributed by atoms with Crippen molar-refractivity contribution in [3.8, 4) is 0 Å². The van der Waals surface area contributed by atoms with Gasteiger partial charge in [-0.25, -0.2) is 4.79 Å². The number of likely N-dealkylation sites (tertiary alicyclic amines) is 2. The van der Waals surface area contributed by atoms with E-state index in [-0.39, 0.29) is 18.0 Å². The Kier molecular flexibility index (Phi) is 6.48. The third kappa shape index (κ3) is 5.25. The molecule has 0 aromatic heterocycles. The Morgan fingerprint density at radius 3 is 2.60 bits per heavy atom.